The number of aromatic amines is 1. The topological polar surface area (TPSA) is 122 Å². The maximum Gasteiger partial charge on any atom is 0.333 e. The number of urea groups is 1. The average molecular weight is 494 g/mol. The van der Waals surface area contributed by atoms with Crippen molar-refractivity contribution in [3.05, 3.63) is 70.4 Å². The SMILES string of the molecule is O=C(Cc1ccc(N2CCCC2=O)cc1)Nc1n[nH]c2c1CN(NC(=O)Nc1ccccc1Cl)C2. The van der Waals surface area contributed by atoms with E-state index < -0.39 is 6.03 Å². The summed E-state index contributed by atoms with van der Waals surface area (Å²) in [5, 5.41) is 14.9. The summed E-state index contributed by atoms with van der Waals surface area (Å²) < 4.78 is 0. The lowest BCUT2D eigenvalue weighted by atomic mass is 10.1. The van der Waals surface area contributed by atoms with Crippen molar-refractivity contribution in [1.29, 1.82) is 0 Å². The van der Waals surface area contributed by atoms with Gasteiger partial charge in [-0.15, -0.1) is 0 Å². The Balaban J connectivity index is 1.14. The molecule has 0 unspecified atom stereocenters. The van der Waals surface area contributed by atoms with Gasteiger partial charge < -0.3 is 15.5 Å². The number of hydrogen-bond donors (Lipinski definition) is 4. The number of H-pyrrole nitrogens is 1. The Morgan fingerprint density at radius 3 is 2.60 bits per heavy atom. The van der Waals surface area contributed by atoms with Gasteiger partial charge in [-0.25, -0.2) is 9.80 Å². The van der Waals surface area contributed by atoms with Gasteiger partial charge in [0.05, 0.1) is 29.4 Å². The highest BCUT2D eigenvalue weighted by molar-refractivity contribution is 6.33. The van der Waals surface area contributed by atoms with Crippen LogP contribution in [0.4, 0.5) is 22.0 Å². The number of anilines is 3. The minimum absolute atomic E-state index is 0.132. The number of carbonyl (C=O) groups excluding carboxylic acids is 3. The van der Waals surface area contributed by atoms with Crippen molar-refractivity contribution in [2.75, 3.05) is 22.1 Å². The summed E-state index contributed by atoms with van der Waals surface area (Å²) in [7, 11) is 0. The lowest BCUT2D eigenvalue weighted by Gasteiger charge is -2.17. The van der Waals surface area contributed by atoms with E-state index in [9.17, 15) is 14.4 Å². The minimum Gasteiger partial charge on any atom is -0.312 e. The zero-order valence-corrected chi connectivity index (χ0v) is 19.6. The monoisotopic (exact) mass is 493 g/mol. The van der Waals surface area contributed by atoms with Crippen LogP contribution in [0.3, 0.4) is 0 Å². The standard InChI is InChI=1S/C24H24ClN7O3/c25-18-4-1-2-5-19(18)26-24(35)30-31-13-17-20(14-31)28-29-23(17)27-21(33)12-15-7-9-16(10-8-15)32-11-3-6-22(32)34/h1-2,4-5,7-10H,3,6,11-14H2,(H2,26,30,35)(H2,27,28,29,33). The van der Waals surface area contributed by atoms with Crippen LogP contribution in [0.1, 0.15) is 29.7 Å². The van der Waals surface area contributed by atoms with Crippen molar-refractivity contribution in [3.63, 3.8) is 0 Å². The van der Waals surface area contributed by atoms with E-state index in [1.54, 1.807) is 34.2 Å². The van der Waals surface area contributed by atoms with Crippen molar-refractivity contribution in [3.8, 4) is 0 Å². The Hall–Kier alpha value is -3.89. The zero-order valence-electron chi connectivity index (χ0n) is 18.8. The summed E-state index contributed by atoms with van der Waals surface area (Å²) in [6, 6.07) is 14.0. The number of carbonyl (C=O) groups is 3. The van der Waals surface area contributed by atoms with E-state index >= 15 is 0 Å². The van der Waals surface area contributed by atoms with Crippen molar-refractivity contribution >= 4 is 46.6 Å². The fraction of sp³-hybridized carbons (Fsp3) is 0.250. The molecule has 5 rings (SSSR count). The summed E-state index contributed by atoms with van der Waals surface area (Å²) in [6.45, 7) is 1.54. The quantitative estimate of drug-likeness (QED) is 0.419. The van der Waals surface area contributed by atoms with Crippen LogP contribution in [-0.4, -0.2) is 39.6 Å². The molecule has 0 atom stereocenters. The average Bonchev–Trinajstić information content (AvgIpc) is 3.53. The second-order valence-corrected chi connectivity index (χ2v) is 8.88. The molecule has 3 heterocycles. The van der Waals surface area contributed by atoms with E-state index in [4.69, 9.17) is 11.6 Å². The first-order valence-electron chi connectivity index (χ1n) is 11.3. The zero-order chi connectivity index (χ0) is 24.4. The van der Waals surface area contributed by atoms with Crippen LogP contribution < -0.4 is 21.0 Å². The molecule has 0 bridgehead atoms. The molecule has 2 aliphatic rings. The van der Waals surface area contributed by atoms with E-state index in [1.165, 1.54) is 0 Å². The predicted molar refractivity (Wildman–Crippen MR) is 132 cm³/mol. The lowest BCUT2D eigenvalue weighted by molar-refractivity contribution is -0.117. The van der Waals surface area contributed by atoms with Crippen LogP contribution in [-0.2, 0) is 29.1 Å². The molecule has 3 aromatic rings. The van der Waals surface area contributed by atoms with Gasteiger partial charge in [0.25, 0.3) is 0 Å². The Labute approximate surface area is 206 Å². The Morgan fingerprint density at radius 2 is 1.86 bits per heavy atom. The number of para-hydroxylation sites is 1. The first-order valence-corrected chi connectivity index (χ1v) is 11.7. The molecule has 35 heavy (non-hydrogen) atoms. The number of rotatable bonds is 6. The largest absolute Gasteiger partial charge is 0.333 e. The van der Waals surface area contributed by atoms with E-state index in [0.717, 1.165) is 35.5 Å². The van der Waals surface area contributed by atoms with Gasteiger partial charge in [-0.1, -0.05) is 35.9 Å². The van der Waals surface area contributed by atoms with Crippen LogP contribution in [0.5, 0.6) is 0 Å². The second-order valence-electron chi connectivity index (χ2n) is 8.47. The highest BCUT2D eigenvalue weighted by Gasteiger charge is 2.27. The third-order valence-corrected chi connectivity index (χ3v) is 6.31. The molecule has 1 fully saturated rings. The number of hydrogen-bond acceptors (Lipinski definition) is 5. The normalized spacial score (nSPS) is 15.2. The van der Waals surface area contributed by atoms with Gasteiger partial charge in [-0.2, -0.15) is 5.10 Å². The maximum atomic E-state index is 12.6. The number of halogens is 1. The molecule has 4 amide bonds. The highest BCUT2D eigenvalue weighted by Crippen LogP contribution is 2.27. The summed E-state index contributed by atoms with van der Waals surface area (Å²) in [5.74, 6) is 0.375. The molecule has 10 nitrogen and oxygen atoms in total. The Bertz CT molecular complexity index is 1270. The Kier molecular flexibility index (Phi) is 6.39. The van der Waals surface area contributed by atoms with Gasteiger partial charge in [0.1, 0.15) is 0 Å². The number of nitrogens with zero attached hydrogens (tertiary/aromatic N) is 3. The van der Waals surface area contributed by atoms with Gasteiger partial charge in [-0.3, -0.25) is 20.1 Å². The van der Waals surface area contributed by atoms with E-state index in [1.807, 2.05) is 24.3 Å². The summed E-state index contributed by atoms with van der Waals surface area (Å²) >= 11 is 6.09. The number of hydrazine groups is 1. The molecule has 4 N–H and O–H groups in total. The summed E-state index contributed by atoms with van der Waals surface area (Å²) in [6.07, 6.45) is 1.63. The molecule has 0 radical (unpaired) electrons. The van der Waals surface area contributed by atoms with Gasteiger partial charge in [0.2, 0.25) is 11.8 Å². The molecule has 0 spiro atoms. The first kappa shape index (κ1) is 22.9. The number of fused-ring (bicyclic) bond motifs is 1. The molecule has 11 heteroatoms. The third kappa shape index (κ3) is 5.13. The van der Waals surface area contributed by atoms with Gasteiger partial charge in [0.15, 0.2) is 5.82 Å². The van der Waals surface area contributed by atoms with Crippen LogP contribution in [0.2, 0.25) is 5.02 Å². The number of aromatic nitrogens is 2. The number of nitrogens with one attached hydrogen (secondary N) is 4. The minimum atomic E-state index is -0.416. The van der Waals surface area contributed by atoms with Crippen molar-refractivity contribution in [2.24, 2.45) is 0 Å². The molecule has 1 aromatic heterocycles. The molecular formula is C24H24ClN7O3. The number of amides is 4. The van der Waals surface area contributed by atoms with E-state index in [-0.39, 0.29) is 18.2 Å². The van der Waals surface area contributed by atoms with E-state index in [0.29, 0.717) is 36.0 Å². The molecule has 0 saturated carbocycles. The van der Waals surface area contributed by atoms with Gasteiger partial charge in [0, 0.05) is 30.8 Å². The van der Waals surface area contributed by atoms with Crippen LogP contribution in [0.25, 0.3) is 0 Å². The smallest absolute Gasteiger partial charge is 0.312 e. The molecular weight excluding hydrogens is 470 g/mol. The predicted octanol–water partition coefficient (Wildman–Crippen LogP) is 3.42. The Morgan fingerprint density at radius 1 is 1.06 bits per heavy atom. The van der Waals surface area contributed by atoms with Crippen molar-refractivity contribution < 1.29 is 14.4 Å². The first-order chi connectivity index (χ1) is 17.0. The fourth-order valence-corrected chi connectivity index (χ4v) is 4.44. The van der Waals surface area contributed by atoms with Crippen LogP contribution >= 0.6 is 11.6 Å². The maximum absolute atomic E-state index is 12.6. The van der Waals surface area contributed by atoms with Crippen molar-refractivity contribution in [1.82, 2.24) is 20.6 Å². The van der Waals surface area contributed by atoms with Gasteiger partial charge >= 0.3 is 6.03 Å². The van der Waals surface area contributed by atoms with Crippen LogP contribution in [0.15, 0.2) is 48.5 Å². The van der Waals surface area contributed by atoms with Crippen molar-refractivity contribution in [2.45, 2.75) is 32.4 Å². The van der Waals surface area contributed by atoms with E-state index in [2.05, 4.69) is 26.3 Å². The molecule has 2 aliphatic heterocycles. The molecule has 0 aliphatic carbocycles. The highest BCUT2D eigenvalue weighted by atomic mass is 35.5. The fourth-order valence-electron chi connectivity index (χ4n) is 4.26. The summed E-state index contributed by atoms with van der Waals surface area (Å²) in [4.78, 5) is 38.6. The molecule has 2 aromatic carbocycles. The van der Waals surface area contributed by atoms with Crippen LogP contribution in [0, 0.1) is 0 Å². The molecule has 1 saturated heterocycles. The third-order valence-electron chi connectivity index (χ3n) is 5.98. The second kappa shape index (κ2) is 9.77. The number of benzene rings is 2. The van der Waals surface area contributed by atoms with Gasteiger partial charge in [-0.05, 0) is 36.2 Å². The molecule has 180 valence electrons. The lowest BCUT2D eigenvalue weighted by Crippen LogP contribution is -2.41. The summed E-state index contributed by atoms with van der Waals surface area (Å²) in [5.41, 5.74) is 6.62.